The molecule has 0 aliphatic carbocycles. The molecule has 0 fully saturated rings. The highest BCUT2D eigenvalue weighted by molar-refractivity contribution is 5.75. The summed E-state index contributed by atoms with van der Waals surface area (Å²) in [6.45, 7) is 3.04. The quantitative estimate of drug-likeness (QED) is 0.676. The maximum atomic E-state index is 11.3. The lowest BCUT2D eigenvalue weighted by atomic mass is 10.3. The van der Waals surface area contributed by atoms with Gasteiger partial charge >= 0.3 is 0 Å². The van der Waals surface area contributed by atoms with Crippen LogP contribution < -0.4 is 10.6 Å². The minimum Gasteiger partial charge on any atom is -0.444 e. The number of carbonyl (C=O) groups excluding carboxylic acids is 1. The Kier molecular flexibility index (Phi) is 4.83. The highest BCUT2D eigenvalue weighted by Crippen LogP contribution is 2.00. The number of amides is 1. The smallest absolute Gasteiger partial charge is 0.220 e. The van der Waals surface area contributed by atoms with Crippen LogP contribution in [0.5, 0.6) is 0 Å². The lowest BCUT2D eigenvalue weighted by Gasteiger charge is -2.02. The van der Waals surface area contributed by atoms with Gasteiger partial charge in [-0.15, -0.1) is 0 Å². The number of nitrogens with one attached hydrogen (secondary N) is 2. The molecule has 1 rings (SSSR count). The van der Waals surface area contributed by atoms with Gasteiger partial charge < -0.3 is 15.1 Å². The molecule has 0 saturated heterocycles. The van der Waals surface area contributed by atoms with Crippen molar-refractivity contribution in [1.82, 2.24) is 15.6 Å². The minimum absolute atomic E-state index is 0.0288. The predicted octanol–water partition coefficient (Wildman–Crippen LogP) is 0.599. The van der Waals surface area contributed by atoms with Crippen molar-refractivity contribution < 1.29 is 9.21 Å². The molecule has 5 heteroatoms. The fourth-order valence-corrected chi connectivity index (χ4v) is 1.17. The number of oxazole rings is 1. The molecular formula is C10H17N3O2. The van der Waals surface area contributed by atoms with Crippen molar-refractivity contribution in [2.24, 2.45) is 0 Å². The summed E-state index contributed by atoms with van der Waals surface area (Å²) < 4.78 is 5.22. The summed E-state index contributed by atoms with van der Waals surface area (Å²) in [6, 6.07) is 0. The van der Waals surface area contributed by atoms with E-state index in [1.165, 1.54) is 0 Å². The number of hydrogen-bond donors (Lipinski definition) is 2. The summed E-state index contributed by atoms with van der Waals surface area (Å²) in [7, 11) is 1.87. The Morgan fingerprint density at radius 3 is 3.00 bits per heavy atom. The fraction of sp³-hybridized carbons (Fsp3) is 0.600. The first kappa shape index (κ1) is 11.7. The second-order valence-corrected chi connectivity index (χ2v) is 3.35. The van der Waals surface area contributed by atoms with Crippen LogP contribution in [0.15, 0.2) is 10.6 Å². The van der Waals surface area contributed by atoms with Crippen LogP contribution >= 0.6 is 0 Å². The standard InChI is InChI=1S/C10H17N3O2/c1-8-6-13-10(15-8)7-12-9(14)4-3-5-11-2/h6,11H,3-5,7H2,1-2H3,(H,12,14). The molecule has 0 atom stereocenters. The van der Waals surface area contributed by atoms with E-state index in [9.17, 15) is 4.79 Å². The first-order chi connectivity index (χ1) is 7.22. The normalized spacial score (nSPS) is 10.3. The molecule has 0 aliphatic rings. The van der Waals surface area contributed by atoms with Crippen molar-refractivity contribution in [3.8, 4) is 0 Å². The maximum Gasteiger partial charge on any atom is 0.220 e. The highest BCUT2D eigenvalue weighted by atomic mass is 16.4. The molecule has 1 aromatic heterocycles. The second-order valence-electron chi connectivity index (χ2n) is 3.35. The van der Waals surface area contributed by atoms with Crippen molar-refractivity contribution in [2.45, 2.75) is 26.3 Å². The largest absolute Gasteiger partial charge is 0.444 e. The van der Waals surface area contributed by atoms with Gasteiger partial charge in [0, 0.05) is 6.42 Å². The van der Waals surface area contributed by atoms with Crippen molar-refractivity contribution >= 4 is 5.91 Å². The monoisotopic (exact) mass is 211 g/mol. The van der Waals surface area contributed by atoms with Crippen LogP contribution in [0.25, 0.3) is 0 Å². The van der Waals surface area contributed by atoms with E-state index in [1.807, 2.05) is 14.0 Å². The Bertz CT molecular complexity index is 309. The molecule has 15 heavy (non-hydrogen) atoms. The van der Waals surface area contributed by atoms with Crippen LogP contribution in [0.3, 0.4) is 0 Å². The number of rotatable bonds is 6. The topological polar surface area (TPSA) is 67.2 Å². The summed E-state index contributed by atoms with van der Waals surface area (Å²) in [5.41, 5.74) is 0. The Morgan fingerprint density at radius 1 is 1.60 bits per heavy atom. The van der Waals surface area contributed by atoms with Crippen LogP contribution in [0.1, 0.15) is 24.5 Å². The molecule has 0 aliphatic heterocycles. The number of nitrogens with zero attached hydrogens (tertiary/aromatic N) is 1. The highest BCUT2D eigenvalue weighted by Gasteiger charge is 2.03. The van der Waals surface area contributed by atoms with E-state index in [-0.39, 0.29) is 5.91 Å². The molecule has 0 spiro atoms. The fourth-order valence-electron chi connectivity index (χ4n) is 1.17. The third-order valence-corrected chi connectivity index (χ3v) is 1.94. The van der Waals surface area contributed by atoms with E-state index in [1.54, 1.807) is 6.20 Å². The van der Waals surface area contributed by atoms with Gasteiger partial charge in [0.1, 0.15) is 5.76 Å². The first-order valence-electron chi connectivity index (χ1n) is 5.05. The third-order valence-electron chi connectivity index (χ3n) is 1.94. The average molecular weight is 211 g/mol. The summed E-state index contributed by atoms with van der Waals surface area (Å²) in [5.74, 6) is 1.34. The van der Waals surface area contributed by atoms with Gasteiger partial charge in [-0.3, -0.25) is 4.79 Å². The zero-order chi connectivity index (χ0) is 11.1. The molecular weight excluding hydrogens is 194 g/mol. The van der Waals surface area contributed by atoms with Crippen LogP contribution in [-0.4, -0.2) is 24.5 Å². The molecule has 1 heterocycles. The third kappa shape index (κ3) is 4.60. The van der Waals surface area contributed by atoms with Crippen molar-refractivity contribution in [1.29, 1.82) is 0 Å². The van der Waals surface area contributed by atoms with Gasteiger partial charge in [-0.25, -0.2) is 4.98 Å². The van der Waals surface area contributed by atoms with E-state index in [2.05, 4.69) is 15.6 Å². The van der Waals surface area contributed by atoms with Gasteiger partial charge in [0.15, 0.2) is 0 Å². The predicted molar refractivity (Wildman–Crippen MR) is 56.2 cm³/mol. The maximum absolute atomic E-state index is 11.3. The lowest BCUT2D eigenvalue weighted by Crippen LogP contribution is -2.23. The summed E-state index contributed by atoms with van der Waals surface area (Å²) in [4.78, 5) is 15.3. The Morgan fingerprint density at radius 2 is 2.40 bits per heavy atom. The summed E-state index contributed by atoms with van der Waals surface area (Å²) >= 11 is 0. The zero-order valence-electron chi connectivity index (χ0n) is 9.17. The van der Waals surface area contributed by atoms with E-state index < -0.39 is 0 Å². The number of hydrogen-bond acceptors (Lipinski definition) is 4. The number of carbonyl (C=O) groups is 1. The van der Waals surface area contributed by atoms with E-state index in [0.717, 1.165) is 18.7 Å². The van der Waals surface area contributed by atoms with Gasteiger partial charge in [0.05, 0.1) is 12.7 Å². The van der Waals surface area contributed by atoms with Gasteiger partial charge in [0.25, 0.3) is 0 Å². The van der Waals surface area contributed by atoms with Crippen LogP contribution in [0, 0.1) is 6.92 Å². The van der Waals surface area contributed by atoms with Gasteiger partial charge in [-0.05, 0) is 26.9 Å². The van der Waals surface area contributed by atoms with Crippen molar-refractivity contribution in [3.05, 3.63) is 17.8 Å². The molecule has 2 N–H and O–H groups in total. The molecule has 0 aromatic carbocycles. The van der Waals surface area contributed by atoms with Crippen LogP contribution in [-0.2, 0) is 11.3 Å². The molecule has 0 saturated carbocycles. The summed E-state index contributed by atoms with van der Waals surface area (Å²) in [5, 5.41) is 5.74. The molecule has 0 radical (unpaired) electrons. The SMILES string of the molecule is CNCCCC(=O)NCc1ncc(C)o1. The molecule has 1 aromatic rings. The first-order valence-corrected chi connectivity index (χ1v) is 5.05. The van der Waals surface area contributed by atoms with E-state index >= 15 is 0 Å². The molecule has 5 nitrogen and oxygen atoms in total. The van der Waals surface area contributed by atoms with Crippen molar-refractivity contribution in [2.75, 3.05) is 13.6 Å². The molecule has 1 amide bonds. The van der Waals surface area contributed by atoms with E-state index in [4.69, 9.17) is 4.42 Å². The minimum atomic E-state index is 0.0288. The average Bonchev–Trinajstić information content (AvgIpc) is 2.62. The van der Waals surface area contributed by atoms with Crippen molar-refractivity contribution in [3.63, 3.8) is 0 Å². The van der Waals surface area contributed by atoms with E-state index in [0.29, 0.717) is 18.9 Å². The lowest BCUT2D eigenvalue weighted by molar-refractivity contribution is -0.121. The second kappa shape index (κ2) is 6.19. The zero-order valence-corrected chi connectivity index (χ0v) is 9.17. The van der Waals surface area contributed by atoms with Crippen LogP contribution in [0.4, 0.5) is 0 Å². The molecule has 0 bridgehead atoms. The Hall–Kier alpha value is -1.36. The van der Waals surface area contributed by atoms with Gasteiger partial charge in [-0.1, -0.05) is 0 Å². The number of aromatic nitrogens is 1. The molecule has 0 unspecified atom stereocenters. The number of aryl methyl sites for hydroxylation is 1. The van der Waals surface area contributed by atoms with Gasteiger partial charge in [-0.2, -0.15) is 0 Å². The Labute approximate surface area is 89.3 Å². The molecule has 84 valence electrons. The Balaban J connectivity index is 2.16. The van der Waals surface area contributed by atoms with Crippen LogP contribution in [0.2, 0.25) is 0 Å². The van der Waals surface area contributed by atoms with Gasteiger partial charge in [0.2, 0.25) is 11.8 Å². The summed E-state index contributed by atoms with van der Waals surface area (Å²) in [6.07, 6.45) is 3.01.